The molecule has 0 atom stereocenters. The number of nitrogens with one attached hydrogen (secondary N) is 1. The smallest absolute Gasteiger partial charge is 0.335 e. The van der Waals surface area contributed by atoms with Gasteiger partial charge in [-0.25, -0.2) is 9.18 Å². The molecule has 0 saturated carbocycles. The van der Waals surface area contributed by atoms with Crippen molar-refractivity contribution in [1.29, 1.82) is 0 Å². The van der Waals surface area contributed by atoms with Crippen molar-refractivity contribution in [1.82, 2.24) is 5.48 Å². The number of alkyl halides is 1. The van der Waals surface area contributed by atoms with Gasteiger partial charge in [-0.2, -0.15) is 0 Å². The maximum atomic E-state index is 12.0. The topological polar surface area (TPSA) is 67.8 Å². The Balaban J connectivity index is 2.85. The molecular weight excluding hydrogens is 265 g/mol. The van der Waals surface area contributed by atoms with Crippen LogP contribution in [-0.4, -0.2) is 31.5 Å². The number of esters is 1. The number of benzene rings is 1. The van der Waals surface area contributed by atoms with E-state index in [-0.39, 0.29) is 12.4 Å². The number of methoxy groups -OCH3 is 1. The molecule has 0 radical (unpaired) electrons. The Morgan fingerprint density at radius 2 is 2.00 bits per heavy atom. The number of hydrogen-bond acceptors (Lipinski definition) is 5. The van der Waals surface area contributed by atoms with Gasteiger partial charge in [-0.3, -0.25) is 10.3 Å². The molecule has 0 saturated heterocycles. The van der Waals surface area contributed by atoms with E-state index in [1.54, 1.807) is 19.1 Å². The predicted octanol–water partition coefficient (Wildman–Crippen LogP) is 1.87. The van der Waals surface area contributed by atoms with Crippen LogP contribution in [0.5, 0.6) is 5.75 Å². The minimum absolute atomic E-state index is 0.106. The molecule has 110 valence electrons. The SMILES string of the molecule is COC(=O)C(Cc1ccc(O)cc1)=C(C)NOCCF. The summed E-state index contributed by atoms with van der Waals surface area (Å²) in [5.41, 5.74) is 4.18. The fraction of sp³-hybridized carbons (Fsp3) is 0.357. The standard InChI is InChI=1S/C14H18FNO4/c1-10(16-20-8-7-15)13(14(18)19-2)9-11-3-5-12(17)6-4-11/h3-6,16-17H,7-9H2,1-2H3. The number of phenols is 1. The summed E-state index contributed by atoms with van der Waals surface area (Å²) >= 11 is 0. The Morgan fingerprint density at radius 3 is 2.55 bits per heavy atom. The monoisotopic (exact) mass is 283 g/mol. The lowest BCUT2D eigenvalue weighted by molar-refractivity contribution is -0.136. The largest absolute Gasteiger partial charge is 0.508 e. The van der Waals surface area contributed by atoms with Gasteiger partial charge in [-0.15, -0.1) is 0 Å². The molecule has 0 amide bonds. The van der Waals surface area contributed by atoms with Gasteiger partial charge in [-0.1, -0.05) is 12.1 Å². The van der Waals surface area contributed by atoms with Gasteiger partial charge in [0.1, 0.15) is 19.0 Å². The van der Waals surface area contributed by atoms with Gasteiger partial charge in [0.05, 0.1) is 12.7 Å². The molecule has 0 heterocycles. The quantitative estimate of drug-likeness (QED) is 0.346. The summed E-state index contributed by atoms with van der Waals surface area (Å²) in [5.74, 6) is -0.342. The first-order valence-corrected chi connectivity index (χ1v) is 6.08. The number of phenolic OH excluding ortho intramolecular Hbond substituents is 1. The number of halogens is 1. The van der Waals surface area contributed by atoms with Gasteiger partial charge in [0.25, 0.3) is 0 Å². The van der Waals surface area contributed by atoms with Crippen molar-refractivity contribution in [2.24, 2.45) is 0 Å². The molecule has 5 nitrogen and oxygen atoms in total. The number of rotatable bonds is 7. The van der Waals surface area contributed by atoms with Gasteiger partial charge < -0.3 is 9.84 Å². The van der Waals surface area contributed by atoms with Gasteiger partial charge in [-0.05, 0) is 24.6 Å². The molecule has 0 aliphatic heterocycles. The molecular formula is C14H18FNO4. The minimum Gasteiger partial charge on any atom is -0.508 e. The van der Waals surface area contributed by atoms with Crippen molar-refractivity contribution in [2.45, 2.75) is 13.3 Å². The molecule has 6 heteroatoms. The Labute approximate surface area is 117 Å². The second-order valence-corrected chi connectivity index (χ2v) is 4.08. The number of carbonyl (C=O) groups excluding carboxylic acids is 1. The third kappa shape index (κ3) is 4.89. The van der Waals surface area contributed by atoms with Crippen LogP contribution < -0.4 is 5.48 Å². The summed E-state index contributed by atoms with van der Waals surface area (Å²) in [5, 5.41) is 9.23. The highest BCUT2D eigenvalue weighted by molar-refractivity contribution is 5.89. The van der Waals surface area contributed by atoms with Crippen molar-refractivity contribution in [3.63, 3.8) is 0 Å². The average molecular weight is 283 g/mol. The number of carbonyl (C=O) groups is 1. The van der Waals surface area contributed by atoms with Crippen LogP contribution in [0.15, 0.2) is 35.5 Å². The van der Waals surface area contributed by atoms with E-state index in [1.165, 1.54) is 19.2 Å². The fourth-order valence-corrected chi connectivity index (χ4v) is 1.56. The first-order chi connectivity index (χ1) is 9.58. The van der Waals surface area contributed by atoms with Crippen LogP contribution in [0.3, 0.4) is 0 Å². The average Bonchev–Trinajstić information content (AvgIpc) is 2.46. The number of ether oxygens (including phenoxy) is 1. The lowest BCUT2D eigenvalue weighted by Crippen LogP contribution is -2.20. The third-order valence-electron chi connectivity index (χ3n) is 2.61. The second kappa shape index (κ2) is 8.16. The van der Waals surface area contributed by atoms with E-state index in [0.29, 0.717) is 17.7 Å². The Hall–Kier alpha value is -2.08. The molecule has 0 spiro atoms. The van der Waals surface area contributed by atoms with E-state index in [2.05, 4.69) is 5.48 Å². The Kier molecular flexibility index (Phi) is 6.52. The van der Waals surface area contributed by atoms with Crippen LogP contribution in [0, 0.1) is 0 Å². The molecule has 0 unspecified atom stereocenters. The molecule has 1 aromatic carbocycles. The summed E-state index contributed by atoms with van der Waals surface area (Å²) in [7, 11) is 1.29. The lowest BCUT2D eigenvalue weighted by Gasteiger charge is -2.12. The van der Waals surface area contributed by atoms with Crippen molar-refractivity contribution in [3.05, 3.63) is 41.1 Å². The van der Waals surface area contributed by atoms with Crippen LogP contribution in [0.4, 0.5) is 4.39 Å². The molecule has 0 aliphatic rings. The number of hydroxylamine groups is 1. The highest BCUT2D eigenvalue weighted by atomic mass is 19.1. The second-order valence-electron chi connectivity index (χ2n) is 4.08. The zero-order valence-corrected chi connectivity index (χ0v) is 11.5. The molecule has 20 heavy (non-hydrogen) atoms. The molecule has 0 aromatic heterocycles. The van der Waals surface area contributed by atoms with E-state index in [4.69, 9.17) is 9.57 Å². The van der Waals surface area contributed by atoms with E-state index < -0.39 is 12.6 Å². The maximum Gasteiger partial charge on any atom is 0.335 e. The minimum atomic E-state index is -0.619. The van der Waals surface area contributed by atoms with Crippen molar-refractivity contribution >= 4 is 5.97 Å². The van der Waals surface area contributed by atoms with E-state index in [0.717, 1.165) is 5.56 Å². The molecule has 0 fully saturated rings. The van der Waals surface area contributed by atoms with Crippen molar-refractivity contribution < 1.29 is 23.9 Å². The summed E-state index contributed by atoms with van der Waals surface area (Å²) in [6, 6.07) is 6.47. The lowest BCUT2D eigenvalue weighted by atomic mass is 10.0. The number of hydrogen-bond donors (Lipinski definition) is 2. The molecule has 0 aliphatic carbocycles. The molecule has 2 N–H and O–H groups in total. The predicted molar refractivity (Wildman–Crippen MR) is 71.6 cm³/mol. The number of allylic oxidation sites excluding steroid dienone is 1. The first-order valence-electron chi connectivity index (χ1n) is 6.08. The van der Waals surface area contributed by atoms with Crippen molar-refractivity contribution in [3.8, 4) is 5.75 Å². The van der Waals surface area contributed by atoms with Crippen LogP contribution in [0.1, 0.15) is 12.5 Å². The van der Waals surface area contributed by atoms with Gasteiger partial charge >= 0.3 is 5.97 Å². The molecule has 1 aromatic rings. The third-order valence-corrected chi connectivity index (χ3v) is 2.61. The fourth-order valence-electron chi connectivity index (χ4n) is 1.56. The van der Waals surface area contributed by atoms with Crippen LogP contribution in [-0.2, 0) is 20.8 Å². The van der Waals surface area contributed by atoms with Gasteiger partial charge in [0.2, 0.25) is 0 Å². The highest BCUT2D eigenvalue weighted by Gasteiger charge is 2.14. The zero-order chi connectivity index (χ0) is 15.0. The summed E-state index contributed by atoms with van der Waals surface area (Å²) in [6.45, 7) is 0.918. The maximum absolute atomic E-state index is 12.0. The molecule has 0 bridgehead atoms. The Bertz CT molecular complexity index is 471. The normalized spacial score (nSPS) is 11.8. The summed E-state index contributed by atoms with van der Waals surface area (Å²) < 4.78 is 16.7. The summed E-state index contributed by atoms with van der Waals surface area (Å²) in [4.78, 5) is 16.6. The van der Waals surface area contributed by atoms with Crippen molar-refractivity contribution in [2.75, 3.05) is 20.4 Å². The van der Waals surface area contributed by atoms with Crippen LogP contribution >= 0.6 is 0 Å². The Morgan fingerprint density at radius 1 is 1.35 bits per heavy atom. The van der Waals surface area contributed by atoms with E-state index in [1.807, 2.05) is 0 Å². The number of aromatic hydroxyl groups is 1. The van der Waals surface area contributed by atoms with Crippen LogP contribution in [0.25, 0.3) is 0 Å². The first kappa shape index (κ1) is 16.0. The van der Waals surface area contributed by atoms with Gasteiger partial charge in [0.15, 0.2) is 0 Å². The van der Waals surface area contributed by atoms with Gasteiger partial charge in [0, 0.05) is 12.1 Å². The zero-order valence-electron chi connectivity index (χ0n) is 11.5. The van der Waals surface area contributed by atoms with Crippen LogP contribution in [0.2, 0.25) is 0 Å². The summed E-state index contributed by atoms with van der Waals surface area (Å²) in [6.07, 6.45) is 0.310. The molecule has 1 rings (SSSR count). The highest BCUT2D eigenvalue weighted by Crippen LogP contribution is 2.16. The van der Waals surface area contributed by atoms with E-state index >= 15 is 0 Å². The van der Waals surface area contributed by atoms with E-state index in [9.17, 15) is 14.3 Å².